The van der Waals surface area contributed by atoms with E-state index in [2.05, 4.69) is 6.92 Å². The van der Waals surface area contributed by atoms with Gasteiger partial charge < -0.3 is 9.47 Å². The molecular formula is C12H20O3. The van der Waals surface area contributed by atoms with Gasteiger partial charge in [-0.3, -0.25) is 0 Å². The lowest BCUT2D eigenvalue weighted by Crippen LogP contribution is -2.31. The Morgan fingerprint density at radius 3 is 2.53 bits per heavy atom. The lowest BCUT2D eigenvalue weighted by atomic mass is 9.84. The summed E-state index contributed by atoms with van der Waals surface area (Å²) in [5, 5.41) is 0. The van der Waals surface area contributed by atoms with E-state index in [1.165, 1.54) is 0 Å². The number of allylic oxidation sites excluding steroid dienone is 1. The molecule has 3 nitrogen and oxygen atoms in total. The van der Waals surface area contributed by atoms with Crippen LogP contribution >= 0.6 is 0 Å². The van der Waals surface area contributed by atoms with E-state index < -0.39 is 0 Å². The van der Waals surface area contributed by atoms with Gasteiger partial charge in [0, 0.05) is 5.92 Å². The van der Waals surface area contributed by atoms with Crippen molar-refractivity contribution in [1.82, 2.24) is 0 Å². The number of carbonyl (C=O) groups is 1. The molecular weight excluding hydrogens is 192 g/mol. The van der Waals surface area contributed by atoms with E-state index in [1.807, 2.05) is 27.7 Å². The summed E-state index contributed by atoms with van der Waals surface area (Å²) in [5.74, 6) is 0.620. The topological polar surface area (TPSA) is 35.5 Å². The van der Waals surface area contributed by atoms with Crippen molar-refractivity contribution in [2.75, 3.05) is 6.61 Å². The van der Waals surface area contributed by atoms with Crippen molar-refractivity contribution in [2.45, 2.75) is 46.6 Å². The minimum atomic E-state index is -0.291. The molecule has 0 saturated carbocycles. The molecule has 0 aromatic heterocycles. The zero-order valence-corrected chi connectivity index (χ0v) is 10.2. The fourth-order valence-electron chi connectivity index (χ4n) is 2.30. The summed E-state index contributed by atoms with van der Waals surface area (Å²) in [6, 6.07) is 0. The number of hydrogen-bond donors (Lipinski definition) is 0. The number of hydrogen-bond acceptors (Lipinski definition) is 3. The predicted octanol–water partition coefficient (Wildman–Crippen LogP) is 2.66. The summed E-state index contributed by atoms with van der Waals surface area (Å²) < 4.78 is 10.8. The van der Waals surface area contributed by atoms with Crippen LogP contribution in [-0.2, 0) is 14.3 Å². The van der Waals surface area contributed by atoms with Gasteiger partial charge in [0.05, 0.1) is 12.2 Å². The van der Waals surface area contributed by atoms with Crippen LogP contribution in [0.2, 0.25) is 0 Å². The van der Waals surface area contributed by atoms with Gasteiger partial charge in [0.25, 0.3) is 0 Å². The highest BCUT2D eigenvalue weighted by molar-refractivity contribution is 5.90. The maximum atomic E-state index is 11.8. The summed E-state index contributed by atoms with van der Waals surface area (Å²) in [7, 11) is 0. The highest BCUT2D eigenvalue weighted by Gasteiger charge is 2.43. The first-order valence-corrected chi connectivity index (χ1v) is 5.50. The number of carbonyl (C=O) groups excluding carboxylic acids is 1. The van der Waals surface area contributed by atoms with E-state index in [4.69, 9.17) is 9.47 Å². The first-order valence-electron chi connectivity index (χ1n) is 5.50. The molecule has 0 aromatic rings. The Hall–Kier alpha value is -0.990. The molecule has 0 aliphatic carbocycles. The van der Waals surface area contributed by atoms with Crippen LogP contribution in [0.5, 0.6) is 0 Å². The molecule has 0 spiro atoms. The second-order valence-electron chi connectivity index (χ2n) is 4.36. The lowest BCUT2D eigenvalue weighted by molar-refractivity contribution is -0.139. The van der Waals surface area contributed by atoms with Gasteiger partial charge in [-0.15, -0.1) is 0 Å². The third-order valence-electron chi connectivity index (χ3n) is 2.89. The van der Waals surface area contributed by atoms with Gasteiger partial charge >= 0.3 is 5.97 Å². The molecule has 1 aliphatic rings. The Morgan fingerprint density at radius 1 is 1.47 bits per heavy atom. The SMILES string of the molecule is CCOC(=O)C1=C(C)OC(C)(C)C1CC. The van der Waals surface area contributed by atoms with Crippen molar-refractivity contribution < 1.29 is 14.3 Å². The number of rotatable bonds is 3. The van der Waals surface area contributed by atoms with E-state index in [0.717, 1.165) is 6.42 Å². The molecule has 0 bridgehead atoms. The molecule has 15 heavy (non-hydrogen) atoms. The third-order valence-corrected chi connectivity index (χ3v) is 2.89. The third kappa shape index (κ3) is 2.16. The highest BCUT2D eigenvalue weighted by atomic mass is 16.5. The summed E-state index contributed by atoms with van der Waals surface area (Å²) in [4.78, 5) is 11.8. The standard InChI is InChI=1S/C12H20O3/c1-6-9-10(11(13)14-7-2)8(3)15-12(9,4)5/h9H,6-7H2,1-5H3. The van der Waals surface area contributed by atoms with Crippen molar-refractivity contribution >= 4 is 5.97 Å². The van der Waals surface area contributed by atoms with E-state index in [-0.39, 0.29) is 17.5 Å². The van der Waals surface area contributed by atoms with Gasteiger partial charge in [-0.2, -0.15) is 0 Å². The van der Waals surface area contributed by atoms with Crippen molar-refractivity contribution in [3.8, 4) is 0 Å². The average Bonchev–Trinajstić information content (AvgIpc) is 2.35. The van der Waals surface area contributed by atoms with E-state index in [1.54, 1.807) is 0 Å². The molecule has 0 aromatic carbocycles. The number of ether oxygens (including phenoxy) is 2. The Balaban J connectivity index is 2.95. The van der Waals surface area contributed by atoms with Gasteiger partial charge in [0.1, 0.15) is 11.4 Å². The minimum Gasteiger partial charge on any atom is -0.491 e. The van der Waals surface area contributed by atoms with Crippen LogP contribution in [-0.4, -0.2) is 18.2 Å². The monoisotopic (exact) mass is 212 g/mol. The van der Waals surface area contributed by atoms with Crippen LogP contribution in [0.15, 0.2) is 11.3 Å². The van der Waals surface area contributed by atoms with Crippen molar-refractivity contribution in [3.63, 3.8) is 0 Å². The van der Waals surface area contributed by atoms with E-state index in [9.17, 15) is 4.79 Å². The smallest absolute Gasteiger partial charge is 0.337 e. The fraction of sp³-hybridized carbons (Fsp3) is 0.750. The fourth-order valence-corrected chi connectivity index (χ4v) is 2.30. The van der Waals surface area contributed by atoms with Crippen LogP contribution < -0.4 is 0 Å². The van der Waals surface area contributed by atoms with Gasteiger partial charge in [0.2, 0.25) is 0 Å². The highest BCUT2D eigenvalue weighted by Crippen LogP contribution is 2.41. The van der Waals surface area contributed by atoms with Crippen LogP contribution in [0, 0.1) is 5.92 Å². The van der Waals surface area contributed by atoms with Gasteiger partial charge in [-0.05, 0) is 34.1 Å². The quantitative estimate of drug-likeness (QED) is 0.675. The van der Waals surface area contributed by atoms with E-state index >= 15 is 0 Å². The van der Waals surface area contributed by atoms with Crippen molar-refractivity contribution in [3.05, 3.63) is 11.3 Å². The summed E-state index contributed by atoms with van der Waals surface area (Å²) in [5.41, 5.74) is 0.422. The molecule has 86 valence electrons. The molecule has 3 heteroatoms. The second-order valence-corrected chi connectivity index (χ2v) is 4.36. The van der Waals surface area contributed by atoms with Crippen molar-refractivity contribution in [1.29, 1.82) is 0 Å². The van der Waals surface area contributed by atoms with E-state index in [0.29, 0.717) is 17.9 Å². The Bertz CT molecular complexity index is 289. The van der Waals surface area contributed by atoms with Gasteiger partial charge in [-0.25, -0.2) is 4.79 Å². The maximum absolute atomic E-state index is 11.8. The Morgan fingerprint density at radius 2 is 2.07 bits per heavy atom. The molecule has 0 saturated heterocycles. The van der Waals surface area contributed by atoms with Crippen LogP contribution in [0.3, 0.4) is 0 Å². The molecule has 1 heterocycles. The van der Waals surface area contributed by atoms with Crippen molar-refractivity contribution in [2.24, 2.45) is 5.92 Å². The zero-order chi connectivity index (χ0) is 11.6. The molecule has 0 amide bonds. The molecule has 0 fully saturated rings. The molecule has 1 aliphatic heterocycles. The van der Waals surface area contributed by atoms with Gasteiger partial charge in [0.15, 0.2) is 0 Å². The molecule has 1 atom stereocenters. The normalized spacial score (nSPS) is 23.9. The Labute approximate surface area is 91.4 Å². The second kappa shape index (κ2) is 4.25. The minimum absolute atomic E-state index is 0.136. The summed E-state index contributed by atoms with van der Waals surface area (Å²) in [6.07, 6.45) is 0.887. The lowest BCUT2D eigenvalue weighted by Gasteiger charge is -2.26. The molecule has 1 unspecified atom stereocenters. The van der Waals surface area contributed by atoms with Crippen LogP contribution in [0.25, 0.3) is 0 Å². The summed E-state index contributed by atoms with van der Waals surface area (Å²) in [6.45, 7) is 10.1. The molecule has 0 radical (unpaired) electrons. The zero-order valence-electron chi connectivity index (χ0n) is 10.2. The average molecular weight is 212 g/mol. The Kier molecular flexibility index (Phi) is 3.42. The van der Waals surface area contributed by atoms with Crippen LogP contribution in [0.4, 0.5) is 0 Å². The maximum Gasteiger partial charge on any atom is 0.337 e. The first-order chi connectivity index (χ1) is 6.94. The molecule has 0 N–H and O–H groups in total. The number of esters is 1. The first kappa shape index (κ1) is 12.1. The van der Waals surface area contributed by atoms with Gasteiger partial charge in [-0.1, -0.05) is 6.92 Å². The largest absolute Gasteiger partial charge is 0.491 e. The predicted molar refractivity (Wildman–Crippen MR) is 58.3 cm³/mol. The van der Waals surface area contributed by atoms with Crippen LogP contribution in [0.1, 0.15) is 41.0 Å². The summed E-state index contributed by atoms with van der Waals surface area (Å²) >= 11 is 0. The molecule has 1 rings (SSSR count).